The number of rotatable bonds is 4. The molecule has 1 heterocycles. The van der Waals surface area contributed by atoms with E-state index in [1.54, 1.807) is 6.07 Å². The second kappa shape index (κ2) is 10.4. The Bertz CT molecular complexity index is 771. The van der Waals surface area contributed by atoms with Crippen LogP contribution in [0.25, 0.3) is 0 Å². The molecule has 0 amide bonds. The molecule has 0 unspecified atom stereocenters. The van der Waals surface area contributed by atoms with E-state index in [0.717, 1.165) is 44.4 Å². The van der Waals surface area contributed by atoms with Crippen molar-refractivity contribution in [2.24, 2.45) is 4.99 Å². The lowest BCUT2D eigenvalue weighted by atomic mass is 10.2. The molecular weight excluding hydrogens is 465 g/mol. The van der Waals surface area contributed by atoms with Crippen LogP contribution >= 0.6 is 24.0 Å². The van der Waals surface area contributed by atoms with Crippen LogP contribution < -0.4 is 15.1 Å². The number of piperazine rings is 1. The minimum Gasteiger partial charge on any atom is -0.506 e. The summed E-state index contributed by atoms with van der Waals surface area (Å²) in [5.74, 6) is 1.26. The van der Waals surface area contributed by atoms with Crippen LogP contribution in [0.3, 0.4) is 0 Å². The van der Waals surface area contributed by atoms with E-state index in [0.29, 0.717) is 5.75 Å². The maximum absolute atomic E-state index is 10.1. The molecule has 0 spiro atoms. The molecule has 2 aromatic rings. The van der Waals surface area contributed by atoms with Crippen molar-refractivity contribution in [3.63, 3.8) is 0 Å². The molecule has 1 fully saturated rings. The normalized spacial score (nSPS) is 14.5. The minimum atomic E-state index is 0. The summed E-state index contributed by atoms with van der Waals surface area (Å²) in [6, 6.07) is 16.1. The van der Waals surface area contributed by atoms with E-state index in [4.69, 9.17) is 0 Å². The lowest BCUT2D eigenvalue weighted by Crippen LogP contribution is -2.52. The molecule has 0 saturated carbocycles. The lowest BCUT2D eigenvalue weighted by molar-refractivity contribution is 0.369. The van der Waals surface area contributed by atoms with Crippen LogP contribution in [0.4, 0.5) is 11.4 Å². The summed E-state index contributed by atoms with van der Waals surface area (Å²) in [5.41, 5.74) is 3.33. The average Bonchev–Trinajstić information content (AvgIpc) is 2.70. The first-order valence-electron chi connectivity index (χ1n) is 9.33. The molecular formula is C21H30IN5O. The molecule has 2 aromatic carbocycles. The van der Waals surface area contributed by atoms with Gasteiger partial charge in [0.05, 0.1) is 5.69 Å². The van der Waals surface area contributed by atoms with Gasteiger partial charge in [0.2, 0.25) is 0 Å². The fraction of sp³-hybridized carbons (Fsp3) is 0.381. The highest BCUT2D eigenvalue weighted by molar-refractivity contribution is 14.0. The second-order valence-electron chi connectivity index (χ2n) is 6.92. The number of phenols is 1. The summed E-state index contributed by atoms with van der Waals surface area (Å²) >= 11 is 0. The summed E-state index contributed by atoms with van der Waals surface area (Å²) in [4.78, 5) is 11.0. The van der Waals surface area contributed by atoms with Crippen molar-refractivity contribution in [1.29, 1.82) is 0 Å². The van der Waals surface area contributed by atoms with Gasteiger partial charge in [0.15, 0.2) is 5.96 Å². The Labute approximate surface area is 184 Å². The summed E-state index contributed by atoms with van der Waals surface area (Å²) < 4.78 is 0. The first kappa shape index (κ1) is 22.1. The van der Waals surface area contributed by atoms with Gasteiger partial charge in [-0.25, -0.2) is 0 Å². The molecule has 1 aliphatic rings. The number of halogens is 1. The van der Waals surface area contributed by atoms with Gasteiger partial charge in [-0.2, -0.15) is 0 Å². The van der Waals surface area contributed by atoms with E-state index in [1.807, 2.05) is 39.3 Å². The van der Waals surface area contributed by atoms with Crippen molar-refractivity contribution in [2.75, 3.05) is 57.1 Å². The Hall–Kier alpha value is -2.16. The smallest absolute Gasteiger partial charge is 0.194 e. The van der Waals surface area contributed by atoms with Crippen LogP contribution in [-0.2, 0) is 6.54 Å². The number of guanidine groups is 1. The van der Waals surface area contributed by atoms with Crippen molar-refractivity contribution in [3.8, 4) is 5.75 Å². The highest BCUT2D eigenvalue weighted by Gasteiger charge is 2.21. The number of hydrogen-bond acceptors (Lipinski definition) is 4. The Morgan fingerprint density at radius 3 is 2.25 bits per heavy atom. The summed E-state index contributed by atoms with van der Waals surface area (Å²) in [7, 11) is 5.92. The van der Waals surface area contributed by atoms with E-state index >= 15 is 0 Å². The molecule has 0 bridgehead atoms. The van der Waals surface area contributed by atoms with E-state index in [1.165, 1.54) is 11.3 Å². The average molecular weight is 495 g/mol. The van der Waals surface area contributed by atoms with Gasteiger partial charge in [0.25, 0.3) is 0 Å². The van der Waals surface area contributed by atoms with Gasteiger partial charge in [-0.05, 0) is 29.8 Å². The first-order chi connectivity index (χ1) is 13.1. The number of nitrogens with one attached hydrogen (secondary N) is 1. The zero-order chi connectivity index (χ0) is 19.2. The number of para-hydroxylation sites is 2. The van der Waals surface area contributed by atoms with Crippen LogP contribution in [0.2, 0.25) is 0 Å². The third-order valence-electron chi connectivity index (χ3n) is 4.92. The summed E-state index contributed by atoms with van der Waals surface area (Å²) in [6.45, 7) is 4.20. The quantitative estimate of drug-likeness (QED) is 0.388. The zero-order valence-electron chi connectivity index (χ0n) is 16.8. The van der Waals surface area contributed by atoms with Gasteiger partial charge in [-0.1, -0.05) is 24.3 Å². The Morgan fingerprint density at radius 2 is 1.68 bits per heavy atom. The monoisotopic (exact) mass is 495 g/mol. The molecule has 7 heteroatoms. The molecule has 0 atom stereocenters. The van der Waals surface area contributed by atoms with E-state index in [2.05, 4.69) is 49.3 Å². The van der Waals surface area contributed by atoms with Crippen molar-refractivity contribution in [3.05, 3.63) is 54.1 Å². The van der Waals surface area contributed by atoms with Crippen molar-refractivity contribution in [2.45, 2.75) is 6.54 Å². The maximum atomic E-state index is 10.1. The molecule has 0 radical (unpaired) electrons. The Kier molecular flexibility index (Phi) is 8.22. The van der Waals surface area contributed by atoms with Gasteiger partial charge in [-0.15, -0.1) is 24.0 Å². The topological polar surface area (TPSA) is 54.3 Å². The maximum Gasteiger partial charge on any atom is 0.194 e. The van der Waals surface area contributed by atoms with E-state index < -0.39 is 0 Å². The molecule has 2 N–H and O–H groups in total. The van der Waals surface area contributed by atoms with Gasteiger partial charge < -0.3 is 25.1 Å². The van der Waals surface area contributed by atoms with Crippen LogP contribution in [0.15, 0.2) is 53.5 Å². The third kappa shape index (κ3) is 5.43. The van der Waals surface area contributed by atoms with E-state index in [9.17, 15) is 5.11 Å². The lowest BCUT2D eigenvalue weighted by Gasteiger charge is -2.37. The largest absolute Gasteiger partial charge is 0.506 e. The zero-order valence-corrected chi connectivity index (χ0v) is 19.1. The van der Waals surface area contributed by atoms with E-state index in [-0.39, 0.29) is 24.0 Å². The number of aromatic hydroxyl groups is 1. The predicted molar refractivity (Wildman–Crippen MR) is 128 cm³/mol. The second-order valence-corrected chi connectivity index (χ2v) is 6.92. The molecule has 1 saturated heterocycles. The molecule has 6 nitrogen and oxygen atoms in total. The first-order valence-corrected chi connectivity index (χ1v) is 9.33. The molecule has 3 rings (SSSR count). The Morgan fingerprint density at radius 1 is 1.04 bits per heavy atom. The van der Waals surface area contributed by atoms with Gasteiger partial charge >= 0.3 is 0 Å². The SMILES string of the molecule is CN=C(NCc1ccc(N(C)C)cc1)N1CCN(c2ccccc2O)CC1.I. The number of hydrogen-bond donors (Lipinski definition) is 2. The van der Waals surface area contributed by atoms with Gasteiger partial charge in [0, 0.05) is 59.6 Å². The van der Waals surface area contributed by atoms with Crippen LogP contribution in [-0.4, -0.2) is 63.3 Å². The summed E-state index contributed by atoms with van der Waals surface area (Å²) in [5, 5.41) is 13.5. The fourth-order valence-electron chi connectivity index (χ4n) is 3.32. The molecule has 152 valence electrons. The summed E-state index contributed by atoms with van der Waals surface area (Å²) in [6.07, 6.45) is 0. The number of aliphatic imine (C=N–C) groups is 1. The number of anilines is 2. The third-order valence-corrected chi connectivity index (χ3v) is 4.92. The van der Waals surface area contributed by atoms with Crippen molar-refractivity contribution in [1.82, 2.24) is 10.2 Å². The number of nitrogens with zero attached hydrogens (tertiary/aromatic N) is 4. The molecule has 1 aliphatic heterocycles. The minimum absolute atomic E-state index is 0. The molecule has 0 aliphatic carbocycles. The fourth-order valence-corrected chi connectivity index (χ4v) is 3.32. The Balaban J connectivity index is 0.00000280. The van der Waals surface area contributed by atoms with Crippen molar-refractivity contribution >= 4 is 41.3 Å². The highest BCUT2D eigenvalue weighted by atomic mass is 127. The highest BCUT2D eigenvalue weighted by Crippen LogP contribution is 2.27. The number of benzene rings is 2. The van der Waals surface area contributed by atoms with Crippen LogP contribution in [0.1, 0.15) is 5.56 Å². The van der Waals surface area contributed by atoms with Gasteiger partial charge in [0.1, 0.15) is 5.75 Å². The van der Waals surface area contributed by atoms with Crippen LogP contribution in [0, 0.1) is 0 Å². The van der Waals surface area contributed by atoms with Crippen molar-refractivity contribution < 1.29 is 5.11 Å². The van der Waals surface area contributed by atoms with Gasteiger partial charge in [-0.3, -0.25) is 4.99 Å². The predicted octanol–water partition coefficient (Wildman–Crippen LogP) is 2.97. The standard InChI is InChI=1S/C21H29N5O.HI/c1-22-21(23-16-17-8-10-18(11-9-17)24(2)3)26-14-12-25(13-15-26)19-6-4-5-7-20(19)27;/h4-11,27H,12-16H2,1-3H3,(H,22,23);1H. The molecule has 0 aromatic heterocycles. The number of phenolic OH excluding ortho intramolecular Hbond substituents is 1. The molecule has 28 heavy (non-hydrogen) atoms. The van der Waals surface area contributed by atoms with Crippen LogP contribution in [0.5, 0.6) is 5.75 Å².